The SMILES string of the molecule is CC1(C)OB(C(F)=C2CCC(Oc3ncc(F)cn3)CC2)OC1(C)C. The lowest BCUT2D eigenvalue weighted by molar-refractivity contribution is 0.00578. The molecule has 0 spiro atoms. The van der Waals surface area contributed by atoms with Crippen LogP contribution in [0, 0.1) is 5.82 Å². The van der Waals surface area contributed by atoms with Crippen molar-refractivity contribution < 1.29 is 22.8 Å². The number of aromatic nitrogens is 2. The van der Waals surface area contributed by atoms with Crippen LogP contribution >= 0.6 is 0 Å². The van der Waals surface area contributed by atoms with Crippen LogP contribution in [0.15, 0.2) is 23.7 Å². The molecule has 0 radical (unpaired) electrons. The number of allylic oxidation sites excluding steroid dienone is 1. The van der Waals surface area contributed by atoms with Gasteiger partial charge in [0.2, 0.25) is 0 Å². The summed E-state index contributed by atoms with van der Waals surface area (Å²) >= 11 is 0. The Hall–Kier alpha value is -1.54. The zero-order chi connectivity index (χ0) is 18.2. The summed E-state index contributed by atoms with van der Waals surface area (Å²) < 4.78 is 44.8. The summed E-state index contributed by atoms with van der Waals surface area (Å²) in [4.78, 5) is 7.57. The van der Waals surface area contributed by atoms with Gasteiger partial charge in [-0.25, -0.2) is 18.7 Å². The first kappa shape index (κ1) is 18.3. The van der Waals surface area contributed by atoms with Gasteiger partial charge in [0.05, 0.1) is 23.6 Å². The molecule has 1 saturated carbocycles. The van der Waals surface area contributed by atoms with E-state index in [0.29, 0.717) is 31.3 Å². The third-order valence-corrected chi connectivity index (χ3v) is 5.20. The van der Waals surface area contributed by atoms with Crippen LogP contribution < -0.4 is 4.74 Å². The number of halogens is 2. The van der Waals surface area contributed by atoms with Crippen LogP contribution in [0.1, 0.15) is 53.4 Å². The molecule has 8 heteroatoms. The normalized spacial score (nSPS) is 25.1. The highest BCUT2D eigenvalue weighted by atomic mass is 19.1. The van der Waals surface area contributed by atoms with Gasteiger partial charge in [-0.15, -0.1) is 0 Å². The van der Waals surface area contributed by atoms with Crippen molar-refractivity contribution >= 4 is 7.12 Å². The standard InChI is InChI=1S/C17H23BF2N2O3/c1-16(2)17(3,4)25-18(24-16)14(20)11-5-7-13(8-6-11)23-15-21-9-12(19)10-22-15/h9-10,13H,5-8H2,1-4H3. The fraction of sp³-hybridized carbons (Fsp3) is 0.647. The molecular formula is C17H23BF2N2O3. The molecular weight excluding hydrogens is 329 g/mol. The van der Waals surface area contributed by atoms with Gasteiger partial charge in [0.15, 0.2) is 5.82 Å². The molecule has 1 saturated heterocycles. The number of hydrogen-bond donors (Lipinski definition) is 0. The summed E-state index contributed by atoms with van der Waals surface area (Å²) in [6, 6.07) is 0.144. The molecule has 25 heavy (non-hydrogen) atoms. The van der Waals surface area contributed by atoms with Crippen LogP contribution in [0.2, 0.25) is 0 Å². The van der Waals surface area contributed by atoms with E-state index in [-0.39, 0.29) is 17.8 Å². The maximum absolute atomic E-state index is 14.8. The van der Waals surface area contributed by atoms with E-state index in [0.717, 1.165) is 12.4 Å². The Morgan fingerprint density at radius 1 is 1.12 bits per heavy atom. The Bertz CT molecular complexity index is 638. The molecule has 5 nitrogen and oxygen atoms in total. The van der Waals surface area contributed by atoms with Crippen LogP contribution in [-0.2, 0) is 9.31 Å². The van der Waals surface area contributed by atoms with E-state index < -0.39 is 24.1 Å². The van der Waals surface area contributed by atoms with Gasteiger partial charge in [-0.3, -0.25) is 0 Å². The molecule has 3 rings (SSSR count). The minimum absolute atomic E-state index is 0.111. The maximum atomic E-state index is 14.8. The Morgan fingerprint density at radius 3 is 2.16 bits per heavy atom. The van der Waals surface area contributed by atoms with Crippen molar-refractivity contribution in [3.63, 3.8) is 0 Å². The molecule has 136 valence electrons. The highest BCUT2D eigenvalue weighted by Crippen LogP contribution is 2.40. The van der Waals surface area contributed by atoms with Crippen LogP contribution in [-0.4, -0.2) is 34.4 Å². The lowest BCUT2D eigenvalue weighted by Gasteiger charge is -2.32. The quantitative estimate of drug-likeness (QED) is 0.775. The number of nitrogens with zero attached hydrogens (tertiary/aromatic N) is 2. The molecule has 0 bridgehead atoms. The minimum atomic E-state index is -0.946. The molecule has 0 N–H and O–H groups in total. The van der Waals surface area contributed by atoms with E-state index in [1.807, 2.05) is 27.7 Å². The highest BCUT2D eigenvalue weighted by molar-refractivity contribution is 6.53. The van der Waals surface area contributed by atoms with E-state index in [4.69, 9.17) is 14.0 Å². The largest absolute Gasteiger partial charge is 0.525 e. The molecule has 0 atom stereocenters. The molecule has 0 aromatic carbocycles. The molecule has 0 unspecified atom stereocenters. The number of rotatable bonds is 3. The zero-order valence-electron chi connectivity index (χ0n) is 15.0. The van der Waals surface area contributed by atoms with Gasteiger partial charge in [0, 0.05) is 0 Å². The van der Waals surface area contributed by atoms with Gasteiger partial charge >= 0.3 is 13.1 Å². The van der Waals surface area contributed by atoms with Crippen molar-refractivity contribution in [3.8, 4) is 6.01 Å². The Kier molecular flexibility index (Phi) is 4.85. The van der Waals surface area contributed by atoms with Gasteiger partial charge in [0.1, 0.15) is 11.8 Å². The highest BCUT2D eigenvalue weighted by Gasteiger charge is 2.53. The summed E-state index contributed by atoms with van der Waals surface area (Å²) in [5, 5.41) is 0. The summed E-state index contributed by atoms with van der Waals surface area (Å²) in [7, 11) is -0.946. The van der Waals surface area contributed by atoms with Crippen molar-refractivity contribution in [2.45, 2.75) is 70.7 Å². The smallest absolute Gasteiger partial charge is 0.460 e. The van der Waals surface area contributed by atoms with E-state index in [2.05, 4.69) is 9.97 Å². The molecule has 1 aliphatic carbocycles. The van der Waals surface area contributed by atoms with Gasteiger partial charge in [-0.2, -0.15) is 0 Å². The van der Waals surface area contributed by atoms with Gasteiger partial charge in [-0.1, -0.05) is 0 Å². The second-order valence-electron chi connectivity index (χ2n) is 7.54. The van der Waals surface area contributed by atoms with Gasteiger partial charge < -0.3 is 14.0 Å². The van der Waals surface area contributed by atoms with Crippen molar-refractivity contribution in [2.24, 2.45) is 0 Å². The van der Waals surface area contributed by atoms with Gasteiger partial charge in [0.25, 0.3) is 0 Å². The lowest BCUT2D eigenvalue weighted by atomic mass is 9.79. The van der Waals surface area contributed by atoms with E-state index >= 15 is 0 Å². The topological polar surface area (TPSA) is 53.5 Å². The Morgan fingerprint density at radius 2 is 1.64 bits per heavy atom. The van der Waals surface area contributed by atoms with Crippen molar-refractivity contribution in [1.82, 2.24) is 9.97 Å². The molecule has 2 aliphatic rings. The third-order valence-electron chi connectivity index (χ3n) is 5.20. The van der Waals surface area contributed by atoms with E-state index in [1.165, 1.54) is 0 Å². The average molecular weight is 352 g/mol. The summed E-state index contributed by atoms with van der Waals surface area (Å²) in [6.45, 7) is 7.60. The fourth-order valence-electron chi connectivity index (χ4n) is 2.92. The van der Waals surface area contributed by atoms with Crippen molar-refractivity contribution in [1.29, 1.82) is 0 Å². The number of hydrogen-bond acceptors (Lipinski definition) is 5. The van der Waals surface area contributed by atoms with Crippen molar-refractivity contribution in [2.75, 3.05) is 0 Å². The van der Waals surface area contributed by atoms with Crippen LogP contribution in [0.3, 0.4) is 0 Å². The van der Waals surface area contributed by atoms with E-state index in [9.17, 15) is 8.78 Å². The monoisotopic (exact) mass is 352 g/mol. The number of ether oxygens (including phenoxy) is 1. The molecule has 0 amide bonds. The second-order valence-corrected chi connectivity index (χ2v) is 7.54. The summed E-state index contributed by atoms with van der Waals surface area (Å²) in [5.74, 6) is -0.509. The van der Waals surface area contributed by atoms with Crippen LogP contribution in [0.5, 0.6) is 6.01 Å². The molecule has 2 fully saturated rings. The Labute approximate surface area is 146 Å². The Balaban J connectivity index is 1.59. The zero-order valence-corrected chi connectivity index (χ0v) is 15.0. The lowest BCUT2D eigenvalue weighted by Crippen LogP contribution is -2.41. The van der Waals surface area contributed by atoms with Crippen molar-refractivity contribution in [3.05, 3.63) is 29.5 Å². The first-order chi connectivity index (χ1) is 11.7. The van der Waals surface area contributed by atoms with Crippen LogP contribution in [0.25, 0.3) is 0 Å². The third kappa shape index (κ3) is 3.85. The molecule has 1 aromatic heterocycles. The predicted octanol–water partition coefficient (Wildman–Crippen LogP) is 3.79. The maximum Gasteiger partial charge on any atom is 0.525 e. The molecule has 1 aromatic rings. The van der Waals surface area contributed by atoms with E-state index in [1.54, 1.807) is 0 Å². The predicted molar refractivity (Wildman–Crippen MR) is 89.1 cm³/mol. The first-order valence-electron chi connectivity index (χ1n) is 8.55. The van der Waals surface area contributed by atoms with Crippen LogP contribution in [0.4, 0.5) is 8.78 Å². The molecule has 1 aliphatic heterocycles. The second kappa shape index (κ2) is 6.65. The van der Waals surface area contributed by atoms with Gasteiger partial charge in [-0.05, 0) is 59.0 Å². The fourth-order valence-corrected chi connectivity index (χ4v) is 2.92. The average Bonchev–Trinajstić information content (AvgIpc) is 2.78. The molecule has 2 heterocycles. The summed E-state index contributed by atoms with van der Waals surface area (Å²) in [6.07, 6.45) is 4.42. The minimum Gasteiger partial charge on any atom is -0.460 e. The summed E-state index contributed by atoms with van der Waals surface area (Å²) in [5.41, 5.74) is -0.737. The first-order valence-corrected chi connectivity index (χ1v) is 8.55.